The number of nitrogens with zero attached hydrogens (tertiary/aromatic N) is 5. The number of furan rings is 1. The minimum atomic E-state index is -0.382. The number of aromatic amines is 1. The summed E-state index contributed by atoms with van der Waals surface area (Å²) in [5.41, 5.74) is 2.56. The summed E-state index contributed by atoms with van der Waals surface area (Å²) in [6.07, 6.45) is 1.58. The van der Waals surface area contributed by atoms with E-state index >= 15 is 0 Å². The number of rotatable bonds is 4. The van der Waals surface area contributed by atoms with Gasteiger partial charge in [-0.3, -0.25) is 4.79 Å². The quantitative estimate of drug-likeness (QED) is 0.489. The van der Waals surface area contributed by atoms with E-state index in [0.29, 0.717) is 27.6 Å². The first-order valence-electron chi connectivity index (χ1n) is 9.02. The molecule has 4 heterocycles. The number of hydrogen-bond donors (Lipinski definition) is 1. The van der Waals surface area contributed by atoms with Crippen LogP contribution in [0.5, 0.6) is 0 Å². The van der Waals surface area contributed by atoms with Gasteiger partial charge in [-0.15, -0.1) is 21.5 Å². The number of hydrogen-bond acceptors (Lipinski definition) is 7. The van der Waals surface area contributed by atoms with Gasteiger partial charge in [-0.2, -0.15) is 4.80 Å². The van der Waals surface area contributed by atoms with Crippen LogP contribution in [-0.4, -0.2) is 30.2 Å². The Kier molecular flexibility index (Phi) is 4.09. The lowest BCUT2D eigenvalue weighted by atomic mass is 10.1. The van der Waals surface area contributed by atoms with Gasteiger partial charge in [0.2, 0.25) is 5.82 Å². The van der Waals surface area contributed by atoms with Crippen LogP contribution in [0.1, 0.15) is 24.4 Å². The second kappa shape index (κ2) is 6.78. The molecule has 144 valence electrons. The van der Waals surface area contributed by atoms with Crippen LogP contribution in [-0.2, 0) is 0 Å². The highest BCUT2D eigenvalue weighted by Gasteiger charge is 2.20. The molecule has 0 radical (unpaired) electrons. The van der Waals surface area contributed by atoms with E-state index in [1.54, 1.807) is 12.3 Å². The fraction of sp³-hybridized carbons (Fsp3) is 0.150. The van der Waals surface area contributed by atoms with Crippen molar-refractivity contribution >= 4 is 21.6 Å². The van der Waals surface area contributed by atoms with Crippen molar-refractivity contribution in [1.29, 1.82) is 0 Å². The fourth-order valence-corrected chi connectivity index (χ4v) is 4.03. The first-order chi connectivity index (χ1) is 14.1. The predicted molar refractivity (Wildman–Crippen MR) is 110 cm³/mol. The van der Waals surface area contributed by atoms with Crippen molar-refractivity contribution in [3.8, 4) is 22.7 Å². The van der Waals surface area contributed by atoms with E-state index in [2.05, 4.69) is 25.4 Å². The minimum Gasteiger partial charge on any atom is -0.464 e. The van der Waals surface area contributed by atoms with Gasteiger partial charge in [0.05, 0.1) is 11.6 Å². The summed E-state index contributed by atoms with van der Waals surface area (Å²) in [4.78, 5) is 22.4. The monoisotopic (exact) mass is 404 g/mol. The Balaban J connectivity index is 1.51. The lowest BCUT2D eigenvalue weighted by molar-refractivity contribution is 0.462. The number of thiophene rings is 1. The molecule has 0 saturated carbocycles. The number of aromatic nitrogens is 6. The number of benzene rings is 1. The van der Waals surface area contributed by atoms with Crippen molar-refractivity contribution in [2.24, 2.45) is 0 Å². The van der Waals surface area contributed by atoms with E-state index in [0.717, 1.165) is 16.7 Å². The normalized spacial score (nSPS) is 12.5. The molecule has 1 N–H and O–H groups in total. The Bertz CT molecular complexity index is 1350. The Morgan fingerprint density at radius 1 is 1.21 bits per heavy atom. The molecule has 9 heteroatoms. The van der Waals surface area contributed by atoms with E-state index in [1.165, 1.54) is 16.1 Å². The van der Waals surface area contributed by atoms with Crippen LogP contribution in [0.25, 0.3) is 32.9 Å². The average molecular weight is 404 g/mol. The van der Waals surface area contributed by atoms with E-state index in [1.807, 2.05) is 49.6 Å². The van der Waals surface area contributed by atoms with Gasteiger partial charge in [0.25, 0.3) is 5.56 Å². The largest absolute Gasteiger partial charge is 0.464 e. The van der Waals surface area contributed by atoms with Crippen LogP contribution in [0.4, 0.5) is 0 Å². The zero-order chi connectivity index (χ0) is 20.0. The van der Waals surface area contributed by atoms with Crippen LogP contribution >= 0.6 is 11.3 Å². The second-order valence-electron chi connectivity index (χ2n) is 6.73. The van der Waals surface area contributed by atoms with Crippen molar-refractivity contribution < 1.29 is 4.42 Å². The molecule has 1 atom stereocenters. The van der Waals surface area contributed by atoms with Gasteiger partial charge < -0.3 is 9.40 Å². The SMILES string of the molecule is Cc1ccc(-c2nnn(C(C)c3nc4scc(-c5ccco5)c4c(=O)[nH]3)n2)cc1. The van der Waals surface area contributed by atoms with E-state index in [4.69, 9.17) is 4.42 Å². The number of tetrazole rings is 1. The highest BCUT2D eigenvalue weighted by molar-refractivity contribution is 7.17. The van der Waals surface area contributed by atoms with Crippen LogP contribution < -0.4 is 5.56 Å². The maximum Gasteiger partial charge on any atom is 0.260 e. The lowest BCUT2D eigenvalue weighted by Crippen LogP contribution is -2.19. The second-order valence-corrected chi connectivity index (χ2v) is 7.59. The summed E-state index contributed by atoms with van der Waals surface area (Å²) in [7, 11) is 0. The van der Waals surface area contributed by atoms with Crippen LogP contribution in [0.15, 0.2) is 57.3 Å². The van der Waals surface area contributed by atoms with Gasteiger partial charge >= 0.3 is 0 Å². The van der Waals surface area contributed by atoms with Crippen molar-refractivity contribution in [1.82, 2.24) is 30.2 Å². The van der Waals surface area contributed by atoms with Gasteiger partial charge in [0.15, 0.2) is 0 Å². The van der Waals surface area contributed by atoms with Crippen molar-refractivity contribution in [3.05, 3.63) is 69.8 Å². The Labute approximate surface area is 168 Å². The van der Waals surface area contributed by atoms with E-state index in [-0.39, 0.29) is 11.6 Å². The number of fused-ring (bicyclic) bond motifs is 1. The van der Waals surface area contributed by atoms with E-state index < -0.39 is 0 Å². The molecular weight excluding hydrogens is 388 g/mol. The van der Waals surface area contributed by atoms with Crippen molar-refractivity contribution in [3.63, 3.8) is 0 Å². The van der Waals surface area contributed by atoms with E-state index in [9.17, 15) is 4.79 Å². The number of nitrogens with one attached hydrogen (secondary N) is 1. The molecule has 8 nitrogen and oxygen atoms in total. The zero-order valence-corrected chi connectivity index (χ0v) is 16.5. The minimum absolute atomic E-state index is 0.219. The summed E-state index contributed by atoms with van der Waals surface area (Å²) >= 11 is 1.40. The van der Waals surface area contributed by atoms with Crippen molar-refractivity contribution in [2.45, 2.75) is 19.9 Å². The molecule has 0 spiro atoms. The molecule has 0 saturated heterocycles. The number of aryl methyl sites for hydroxylation is 1. The summed E-state index contributed by atoms with van der Waals surface area (Å²) in [6, 6.07) is 11.1. The number of H-pyrrole nitrogens is 1. The van der Waals surface area contributed by atoms with Crippen LogP contribution in [0.3, 0.4) is 0 Å². The molecule has 0 amide bonds. The Morgan fingerprint density at radius 3 is 2.79 bits per heavy atom. The molecule has 1 aromatic carbocycles. The summed E-state index contributed by atoms with van der Waals surface area (Å²) in [5, 5.41) is 15.1. The van der Waals surface area contributed by atoms with Gasteiger partial charge in [-0.1, -0.05) is 29.8 Å². The standard InChI is InChI=1S/C20H16N6O2S/c1-11-5-7-13(8-6-11)18-23-25-26(24-18)12(2)17-21-19(27)16-14(10-29-20(16)22-17)15-4-3-9-28-15/h3-10,12H,1-2H3,(H,21,22,27). The Hall–Kier alpha value is -3.59. The first kappa shape index (κ1) is 17.5. The van der Waals surface area contributed by atoms with Gasteiger partial charge in [-0.05, 0) is 31.2 Å². The molecule has 29 heavy (non-hydrogen) atoms. The van der Waals surface area contributed by atoms with Crippen LogP contribution in [0.2, 0.25) is 0 Å². The molecule has 0 fully saturated rings. The predicted octanol–water partition coefficient (Wildman–Crippen LogP) is 3.82. The molecule has 0 aliphatic heterocycles. The smallest absolute Gasteiger partial charge is 0.260 e. The lowest BCUT2D eigenvalue weighted by Gasteiger charge is -2.08. The van der Waals surface area contributed by atoms with Crippen molar-refractivity contribution in [2.75, 3.05) is 0 Å². The third-order valence-electron chi connectivity index (χ3n) is 4.73. The topological polar surface area (TPSA) is 102 Å². The molecule has 1 unspecified atom stereocenters. The molecule has 0 bridgehead atoms. The highest BCUT2D eigenvalue weighted by atomic mass is 32.1. The summed E-state index contributed by atoms with van der Waals surface area (Å²) < 4.78 is 5.43. The molecular formula is C20H16N6O2S. The summed E-state index contributed by atoms with van der Waals surface area (Å²) in [5.74, 6) is 1.64. The maximum absolute atomic E-state index is 12.8. The Morgan fingerprint density at radius 2 is 2.03 bits per heavy atom. The molecule has 4 aromatic heterocycles. The zero-order valence-electron chi connectivity index (χ0n) is 15.7. The fourth-order valence-electron chi connectivity index (χ4n) is 3.09. The van der Waals surface area contributed by atoms with Gasteiger partial charge in [0.1, 0.15) is 22.5 Å². The first-order valence-corrected chi connectivity index (χ1v) is 9.90. The molecule has 5 rings (SSSR count). The summed E-state index contributed by atoms with van der Waals surface area (Å²) in [6.45, 7) is 3.89. The highest BCUT2D eigenvalue weighted by Crippen LogP contribution is 2.31. The van der Waals surface area contributed by atoms with Gasteiger partial charge in [-0.25, -0.2) is 4.98 Å². The molecule has 0 aliphatic carbocycles. The average Bonchev–Trinajstić information content (AvgIpc) is 3.47. The molecule has 5 aromatic rings. The third-order valence-corrected chi connectivity index (χ3v) is 5.60. The maximum atomic E-state index is 12.8. The van der Waals surface area contributed by atoms with Gasteiger partial charge in [0, 0.05) is 16.5 Å². The molecule has 0 aliphatic rings. The van der Waals surface area contributed by atoms with Crippen LogP contribution in [0, 0.1) is 6.92 Å². The third kappa shape index (κ3) is 3.05.